The van der Waals surface area contributed by atoms with E-state index >= 15 is 0 Å². The largest absolute Gasteiger partial charge is 0.377 e. The molecule has 5 rings (SSSR count). The molecule has 186 valence electrons. The number of nitrogens with zero attached hydrogens (tertiary/aromatic N) is 4. The van der Waals surface area contributed by atoms with Crippen molar-refractivity contribution in [1.82, 2.24) is 9.80 Å². The van der Waals surface area contributed by atoms with Gasteiger partial charge < -0.3 is 14.5 Å². The number of amides is 1. The lowest BCUT2D eigenvalue weighted by molar-refractivity contribution is -0.134. The summed E-state index contributed by atoms with van der Waals surface area (Å²) in [5.41, 5.74) is 2.87. The molecule has 0 N–H and O–H groups in total. The number of hydrogen-bond donors (Lipinski definition) is 0. The summed E-state index contributed by atoms with van der Waals surface area (Å²) < 4.78 is 19.9. The zero-order valence-corrected chi connectivity index (χ0v) is 20.6. The average molecular weight is 479 g/mol. The summed E-state index contributed by atoms with van der Waals surface area (Å²) in [6.45, 7) is 5.15. The summed E-state index contributed by atoms with van der Waals surface area (Å²) in [5, 5.41) is 10.2. The highest BCUT2D eigenvalue weighted by molar-refractivity contribution is 5.90. The number of carbonyl (C=O) groups is 1. The van der Waals surface area contributed by atoms with Crippen LogP contribution in [-0.2, 0) is 16.0 Å². The van der Waals surface area contributed by atoms with Gasteiger partial charge in [0, 0.05) is 49.8 Å². The summed E-state index contributed by atoms with van der Waals surface area (Å²) in [4.78, 5) is 22.3. The monoisotopic (exact) mass is 478 g/mol. The Balaban J connectivity index is 1.35. The fraction of sp³-hybridized carbons (Fsp3) is 0.607. The van der Waals surface area contributed by atoms with Crippen molar-refractivity contribution in [1.29, 1.82) is 5.26 Å². The molecule has 1 aromatic carbocycles. The van der Waals surface area contributed by atoms with E-state index in [1.54, 1.807) is 18.2 Å². The Morgan fingerprint density at radius 1 is 1.20 bits per heavy atom. The summed E-state index contributed by atoms with van der Waals surface area (Å²) in [7, 11) is 0. The third kappa shape index (κ3) is 4.86. The highest BCUT2D eigenvalue weighted by atomic mass is 19.1. The van der Waals surface area contributed by atoms with Crippen molar-refractivity contribution < 1.29 is 13.9 Å². The summed E-state index contributed by atoms with van der Waals surface area (Å²) in [5.74, 6) is 0.854. The standard InChI is InChI=1S/C28H35FN4O2/c1-19-17-32(12-13-33(19)26(34)15-21-9-5-6-10-25(21)29)28-23(16-30)22-11-14-35-18-24(22)27(31-28)20-7-3-2-4-8-20/h5-6,9-10,19-20,22-23H,2-4,7-8,11-15,17-18H2,1H3/t19-,22?,23?/m1/s1. The minimum atomic E-state index is -0.338. The number of hydrogen-bond acceptors (Lipinski definition) is 5. The number of ether oxygens (including phenoxy) is 1. The maximum atomic E-state index is 14.1. The highest BCUT2D eigenvalue weighted by Crippen LogP contribution is 2.42. The first-order valence-electron chi connectivity index (χ1n) is 13.1. The van der Waals surface area contributed by atoms with Gasteiger partial charge in [-0.2, -0.15) is 5.26 Å². The summed E-state index contributed by atoms with van der Waals surface area (Å²) in [6.07, 6.45) is 7.01. The van der Waals surface area contributed by atoms with E-state index in [4.69, 9.17) is 9.73 Å². The molecule has 3 aliphatic heterocycles. The number of fused-ring (bicyclic) bond motifs is 1. The van der Waals surface area contributed by atoms with Crippen molar-refractivity contribution in [2.75, 3.05) is 32.8 Å². The third-order valence-corrected chi connectivity index (χ3v) is 8.23. The van der Waals surface area contributed by atoms with Gasteiger partial charge in [0.05, 0.1) is 19.1 Å². The second-order valence-electron chi connectivity index (χ2n) is 10.4. The molecule has 7 heteroatoms. The van der Waals surface area contributed by atoms with Crippen LogP contribution in [0.25, 0.3) is 0 Å². The van der Waals surface area contributed by atoms with Gasteiger partial charge in [-0.25, -0.2) is 9.38 Å². The third-order valence-electron chi connectivity index (χ3n) is 8.23. The van der Waals surface area contributed by atoms with Gasteiger partial charge in [0.2, 0.25) is 5.91 Å². The predicted octanol–water partition coefficient (Wildman–Crippen LogP) is 4.32. The van der Waals surface area contributed by atoms with Crippen molar-refractivity contribution >= 4 is 11.7 Å². The van der Waals surface area contributed by atoms with Crippen LogP contribution in [0.15, 0.2) is 40.5 Å². The van der Waals surface area contributed by atoms with Crippen molar-refractivity contribution in [3.8, 4) is 6.07 Å². The molecule has 1 aromatic rings. The molecule has 1 saturated carbocycles. The molecule has 2 unspecified atom stereocenters. The smallest absolute Gasteiger partial charge is 0.227 e. The molecule has 1 amide bonds. The Morgan fingerprint density at radius 3 is 2.74 bits per heavy atom. The molecule has 6 nitrogen and oxygen atoms in total. The lowest BCUT2D eigenvalue weighted by Crippen LogP contribution is -2.57. The van der Waals surface area contributed by atoms with Crippen LogP contribution in [0.4, 0.5) is 4.39 Å². The predicted molar refractivity (Wildman–Crippen MR) is 132 cm³/mol. The molecule has 1 aliphatic carbocycles. The van der Waals surface area contributed by atoms with Crippen molar-refractivity contribution in [2.45, 2.75) is 57.9 Å². The Labute approximate surface area is 207 Å². The van der Waals surface area contributed by atoms with E-state index in [1.807, 2.05) is 11.8 Å². The first-order chi connectivity index (χ1) is 17.1. The van der Waals surface area contributed by atoms with Crippen molar-refractivity contribution in [2.24, 2.45) is 22.7 Å². The lowest BCUT2D eigenvalue weighted by Gasteiger charge is -2.45. The molecular formula is C28H35FN4O2. The van der Waals surface area contributed by atoms with Gasteiger partial charge in [0.1, 0.15) is 17.6 Å². The van der Waals surface area contributed by atoms with Crippen LogP contribution in [0.5, 0.6) is 0 Å². The summed E-state index contributed by atoms with van der Waals surface area (Å²) in [6, 6.07) is 9.01. The molecular weight excluding hydrogens is 443 g/mol. The minimum Gasteiger partial charge on any atom is -0.377 e. The van der Waals surface area contributed by atoms with Gasteiger partial charge in [0.15, 0.2) is 0 Å². The number of carbonyl (C=O) groups excluding carboxylic acids is 1. The number of nitriles is 1. The van der Waals surface area contributed by atoms with E-state index in [1.165, 1.54) is 36.6 Å². The Morgan fingerprint density at radius 2 is 2.00 bits per heavy atom. The first kappa shape index (κ1) is 24.0. The quantitative estimate of drug-likeness (QED) is 0.649. The number of aliphatic imine (C=N–C) groups is 1. The molecule has 0 bridgehead atoms. The minimum absolute atomic E-state index is 0.0386. The Hall–Kier alpha value is -2.72. The second kappa shape index (κ2) is 10.5. The fourth-order valence-electron chi connectivity index (χ4n) is 6.34. The first-order valence-corrected chi connectivity index (χ1v) is 13.1. The number of amidine groups is 1. The van der Waals surface area contributed by atoms with Crippen LogP contribution in [0.2, 0.25) is 0 Å². The number of allylic oxidation sites excluding steroid dienone is 1. The summed E-state index contributed by atoms with van der Waals surface area (Å²) >= 11 is 0. The van der Waals surface area contributed by atoms with Gasteiger partial charge in [-0.1, -0.05) is 37.5 Å². The normalized spacial score (nSPS) is 27.8. The van der Waals surface area contributed by atoms with Crippen LogP contribution in [0.3, 0.4) is 0 Å². The number of benzene rings is 1. The maximum absolute atomic E-state index is 14.1. The van der Waals surface area contributed by atoms with E-state index in [-0.39, 0.29) is 36.0 Å². The van der Waals surface area contributed by atoms with E-state index < -0.39 is 0 Å². The van der Waals surface area contributed by atoms with E-state index in [9.17, 15) is 14.4 Å². The Kier molecular flexibility index (Phi) is 7.19. The highest BCUT2D eigenvalue weighted by Gasteiger charge is 2.42. The van der Waals surface area contributed by atoms with E-state index in [2.05, 4.69) is 11.0 Å². The molecule has 3 fully saturated rings. The Bertz CT molecular complexity index is 1060. The van der Waals surface area contributed by atoms with Gasteiger partial charge in [0.25, 0.3) is 0 Å². The van der Waals surface area contributed by atoms with E-state index in [0.717, 1.165) is 25.1 Å². The molecule has 0 aromatic heterocycles. The molecule has 0 radical (unpaired) electrons. The van der Waals surface area contributed by atoms with Crippen LogP contribution < -0.4 is 0 Å². The van der Waals surface area contributed by atoms with Crippen molar-refractivity contribution in [3.63, 3.8) is 0 Å². The molecule has 35 heavy (non-hydrogen) atoms. The van der Waals surface area contributed by atoms with Gasteiger partial charge >= 0.3 is 0 Å². The SMILES string of the molecule is C[C@@H]1CN(C2=NC(C3CCCCC3)=C3COCCC3C2C#N)CCN1C(=O)Cc1ccccc1F. The zero-order chi connectivity index (χ0) is 24.4. The van der Waals surface area contributed by atoms with Gasteiger partial charge in [-0.05, 0) is 43.4 Å². The van der Waals surface area contributed by atoms with Crippen LogP contribution in [-0.4, -0.2) is 60.4 Å². The molecule has 4 aliphatic rings. The van der Waals surface area contributed by atoms with Crippen LogP contribution in [0, 0.1) is 34.9 Å². The second-order valence-corrected chi connectivity index (χ2v) is 10.4. The molecule has 0 spiro atoms. The number of piperazine rings is 1. The zero-order valence-electron chi connectivity index (χ0n) is 20.6. The lowest BCUT2D eigenvalue weighted by atomic mass is 9.75. The molecule has 3 heterocycles. The molecule has 2 saturated heterocycles. The fourth-order valence-corrected chi connectivity index (χ4v) is 6.34. The van der Waals surface area contributed by atoms with Gasteiger partial charge in [-0.15, -0.1) is 0 Å². The number of halogens is 1. The van der Waals surface area contributed by atoms with Crippen molar-refractivity contribution in [3.05, 3.63) is 46.9 Å². The van der Waals surface area contributed by atoms with Crippen LogP contribution >= 0.6 is 0 Å². The van der Waals surface area contributed by atoms with Crippen LogP contribution in [0.1, 0.15) is 51.0 Å². The average Bonchev–Trinajstić information content (AvgIpc) is 2.89. The maximum Gasteiger partial charge on any atom is 0.227 e. The van der Waals surface area contributed by atoms with Gasteiger partial charge in [-0.3, -0.25) is 4.79 Å². The van der Waals surface area contributed by atoms with E-state index in [0.29, 0.717) is 44.3 Å². The topological polar surface area (TPSA) is 68.9 Å². The molecule has 3 atom stereocenters. The number of rotatable bonds is 3.